The second-order valence-electron chi connectivity index (χ2n) is 6.70. The second kappa shape index (κ2) is 9.06. The fourth-order valence-electron chi connectivity index (χ4n) is 3.04. The Hall–Kier alpha value is -3.23. The topological polar surface area (TPSA) is 64.9 Å². The van der Waals surface area contributed by atoms with Crippen LogP contribution in [0.4, 0.5) is 13.2 Å². The average Bonchev–Trinajstić information content (AvgIpc) is 3.13. The number of methoxy groups -OCH3 is 2. The Labute approximate surface area is 171 Å². The second-order valence-corrected chi connectivity index (χ2v) is 6.70. The molecule has 0 spiro atoms. The summed E-state index contributed by atoms with van der Waals surface area (Å²) in [7, 11) is 3.11. The lowest BCUT2D eigenvalue weighted by Gasteiger charge is -2.09. The summed E-state index contributed by atoms with van der Waals surface area (Å²) in [5.41, 5.74) is 1.25. The maximum Gasteiger partial charge on any atom is 0.417 e. The molecule has 1 aromatic carbocycles. The molecule has 0 bridgehead atoms. The first-order valence-corrected chi connectivity index (χ1v) is 9.32. The molecule has 1 N–H and O–H groups in total. The van der Waals surface area contributed by atoms with Crippen LogP contribution in [0.25, 0.3) is 5.65 Å². The molecule has 2 aromatic heterocycles. The van der Waals surface area contributed by atoms with Crippen molar-refractivity contribution in [3.8, 4) is 11.5 Å². The summed E-state index contributed by atoms with van der Waals surface area (Å²) in [5.74, 6) is 1.12. The smallest absolute Gasteiger partial charge is 0.417 e. The van der Waals surface area contributed by atoms with Gasteiger partial charge in [0.25, 0.3) is 0 Å². The van der Waals surface area contributed by atoms with Gasteiger partial charge in [0.2, 0.25) is 5.91 Å². The molecule has 0 radical (unpaired) electrons. The number of halogens is 3. The lowest BCUT2D eigenvalue weighted by Crippen LogP contribution is -2.25. The van der Waals surface area contributed by atoms with Gasteiger partial charge in [0.1, 0.15) is 5.65 Å². The highest BCUT2D eigenvalue weighted by atomic mass is 19.4. The third kappa shape index (κ3) is 5.22. The van der Waals surface area contributed by atoms with Crippen LogP contribution in [0.1, 0.15) is 23.2 Å². The van der Waals surface area contributed by atoms with Gasteiger partial charge in [-0.05, 0) is 36.2 Å². The predicted octanol–water partition coefficient (Wildman–Crippen LogP) is 3.66. The fraction of sp³-hybridized carbons (Fsp3) is 0.333. The molecule has 3 rings (SSSR count). The number of alkyl halides is 3. The van der Waals surface area contributed by atoms with Gasteiger partial charge < -0.3 is 19.2 Å². The Morgan fingerprint density at radius 3 is 2.53 bits per heavy atom. The zero-order valence-corrected chi connectivity index (χ0v) is 16.6. The molecule has 2 heterocycles. The Morgan fingerprint density at radius 2 is 1.83 bits per heavy atom. The minimum atomic E-state index is -4.40. The molecule has 0 saturated carbocycles. The van der Waals surface area contributed by atoms with Crippen LogP contribution in [0, 0.1) is 0 Å². The van der Waals surface area contributed by atoms with E-state index in [1.807, 2.05) is 12.1 Å². The monoisotopic (exact) mass is 421 g/mol. The summed E-state index contributed by atoms with van der Waals surface area (Å²) in [6.45, 7) is 0.348. The summed E-state index contributed by atoms with van der Waals surface area (Å²) < 4.78 is 50.2. The number of benzene rings is 1. The zero-order chi connectivity index (χ0) is 21.7. The average molecular weight is 421 g/mol. The number of imidazole rings is 1. The normalized spacial score (nSPS) is 11.5. The molecule has 1 amide bonds. The molecule has 0 aliphatic heterocycles. The number of hydrogen-bond acceptors (Lipinski definition) is 4. The van der Waals surface area contributed by atoms with Crippen LogP contribution in [0.15, 0.2) is 42.7 Å². The Balaban J connectivity index is 1.50. The van der Waals surface area contributed by atoms with Crippen LogP contribution in [0.2, 0.25) is 0 Å². The van der Waals surface area contributed by atoms with E-state index in [-0.39, 0.29) is 5.91 Å². The minimum Gasteiger partial charge on any atom is -0.493 e. The van der Waals surface area contributed by atoms with Gasteiger partial charge >= 0.3 is 6.18 Å². The standard InChI is InChI=1S/C21H22F3N3O3/c1-29-17-6-3-14(11-18(17)30-2)4-8-20(28)25-10-9-16-13-27-12-15(21(22,23)24)5-7-19(27)26-16/h3,5-7,11-13H,4,8-10H2,1-2H3,(H,25,28). The number of aryl methyl sites for hydroxylation is 1. The van der Waals surface area contributed by atoms with E-state index in [1.54, 1.807) is 26.5 Å². The van der Waals surface area contributed by atoms with Crippen molar-refractivity contribution in [1.82, 2.24) is 14.7 Å². The van der Waals surface area contributed by atoms with E-state index in [4.69, 9.17) is 9.47 Å². The fourth-order valence-corrected chi connectivity index (χ4v) is 3.04. The SMILES string of the molecule is COc1ccc(CCC(=O)NCCc2cn3cc(C(F)(F)F)ccc3n2)cc1OC. The summed E-state index contributed by atoms with van der Waals surface area (Å²) >= 11 is 0. The summed E-state index contributed by atoms with van der Waals surface area (Å²) in [6, 6.07) is 7.83. The van der Waals surface area contributed by atoms with E-state index in [9.17, 15) is 18.0 Å². The van der Waals surface area contributed by atoms with E-state index in [0.29, 0.717) is 48.6 Å². The van der Waals surface area contributed by atoms with Crippen molar-refractivity contribution < 1.29 is 27.4 Å². The number of amides is 1. The number of carbonyl (C=O) groups is 1. The van der Waals surface area contributed by atoms with Crippen molar-refractivity contribution >= 4 is 11.6 Å². The third-order valence-electron chi connectivity index (χ3n) is 4.62. The summed E-state index contributed by atoms with van der Waals surface area (Å²) in [6.07, 6.45) is -0.587. The number of pyridine rings is 1. The summed E-state index contributed by atoms with van der Waals surface area (Å²) in [4.78, 5) is 16.4. The van der Waals surface area contributed by atoms with Crippen molar-refractivity contribution in [2.45, 2.75) is 25.4 Å². The van der Waals surface area contributed by atoms with Crippen molar-refractivity contribution in [3.63, 3.8) is 0 Å². The molecule has 0 atom stereocenters. The van der Waals surface area contributed by atoms with E-state index in [2.05, 4.69) is 10.3 Å². The van der Waals surface area contributed by atoms with Gasteiger partial charge in [-0.15, -0.1) is 0 Å². The van der Waals surface area contributed by atoms with Crippen molar-refractivity contribution in [3.05, 3.63) is 59.5 Å². The first-order chi connectivity index (χ1) is 14.3. The molecule has 0 aliphatic rings. The van der Waals surface area contributed by atoms with Crippen molar-refractivity contribution in [2.75, 3.05) is 20.8 Å². The first-order valence-electron chi connectivity index (χ1n) is 9.32. The van der Waals surface area contributed by atoms with Gasteiger partial charge in [-0.3, -0.25) is 4.79 Å². The van der Waals surface area contributed by atoms with Gasteiger partial charge in [0, 0.05) is 31.8 Å². The molecule has 30 heavy (non-hydrogen) atoms. The van der Waals surface area contributed by atoms with Gasteiger partial charge in [-0.1, -0.05) is 6.07 Å². The zero-order valence-electron chi connectivity index (χ0n) is 16.6. The molecule has 3 aromatic rings. The maximum absolute atomic E-state index is 12.8. The lowest BCUT2D eigenvalue weighted by molar-refractivity contribution is -0.137. The number of aromatic nitrogens is 2. The molecule has 0 saturated heterocycles. The third-order valence-corrected chi connectivity index (χ3v) is 4.62. The summed E-state index contributed by atoms with van der Waals surface area (Å²) in [5, 5.41) is 2.81. The van der Waals surface area contributed by atoms with Crippen LogP contribution in [0.3, 0.4) is 0 Å². The van der Waals surface area contributed by atoms with Gasteiger partial charge in [0.15, 0.2) is 11.5 Å². The highest BCUT2D eigenvalue weighted by molar-refractivity contribution is 5.76. The Bertz CT molecular complexity index is 1030. The number of carbonyl (C=O) groups excluding carboxylic acids is 1. The molecule has 160 valence electrons. The number of fused-ring (bicyclic) bond motifs is 1. The van der Waals surface area contributed by atoms with Crippen molar-refractivity contribution in [2.24, 2.45) is 0 Å². The Kier molecular flexibility index (Phi) is 6.49. The van der Waals surface area contributed by atoms with Crippen LogP contribution >= 0.6 is 0 Å². The van der Waals surface area contributed by atoms with E-state index >= 15 is 0 Å². The molecule has 0 fully saturated rings. The minimum absolute atomic E-state index is 0.118. The van der Waals surface area contributed by atoms with E-state index in [0.717, 1.165) is 17.8 Å². The maximum atomic E-state index is 12.8. The highest BCUT2D eigenvalue weighted by Crippen LogP contribution is 2.29. The van der Waals surface area contributed by atoms with Crippen molar-refractivity contribution in [1.29, 1.82) is 0 Å². The van der Waals surface area contributed by atoms with Gasteiger partial charge in [-0.25, -0.2) is 4.98 Å². The van der Waals surface area contributed by atoms with Crippen LogP contribution in [-0.4, -0.2) is 36.1 Å². The molecular weight excluding hydrogens is 399 g/mol. The van der Waals surface area contributed by atoms with E-state index in [1.165, 1.54) is 10.5 Å². The first kappa shape index (κ1) is 21.5. The number of ether oxygens (including phenoxy) is 2. The molecule has 0 unspecified atom stereocenters. The molecule has 0 aliphatic carbocycles. The lowest BCUT2D eigenvalue weighted by atomic mass is 10.1. The number of hydrogen-bond donors (Lipinski definition) is 1. The van der Waals surface area contributed by atoms with Gasteiger partial charge in [0.05, 0.1) is 25.5 Å². The largest absolute Gasteiger partial charge is 0.493 e. The predicted molar refractivity (Wildman–Crippen MR) is 105 cm³/mol. The highest BCUT2D eigenvalue weighted by Gasteiger charge is 2.30. The van der Waals surface area contributed by atoms with Crippen LogP contribution < -0.4 is 14.8 Å². The molecular formula is C21H22F3N3O3. The van der Waals surface area contributed by atoms with E-state index < -0.39 is 11.7 Å². The number of nitrogens with one attached hydrogen (secondary N) is 1. The Morgan fingerprint density at radius 1 is 1.07 bits per heavy atom. The number of nitrogens with zero attached hydrogens (tertiary/aromatic N) is 2. The van der Waals surface area contributed by atoms with Crippen LogP contribution in [-0.2, 0) is 23.8 Å². The van der Waals surface area contributed by atoms with Crippen LogP contribution in [0.5, 0.6) is 11.5 Å². The molecule has 9 heteroatoms. The quantitative estimate of drug-likeness (QED) is 0.603. The van der Waals surface area contributed by atoms with Gasteiger partial charge in [-0.2, -0.15) is 13.2 Å². The number of rotatable bonds is 8. The molecule has 6 nitrogen and oxygen atoms in total.